The Morgan fingerprint density at radius 3 is 2.45 bits per heavy atom. The summed E-state index contributed by atoms with van der Waals surface area (Å²) in [6.45, 7) is 2.63. The van der Waals surface area contributed by atoms with Gasteiger partial charge in [0.05, 0.1) is 29.8 Å². The molecule has 2 aromatic rings. The van der Waals surface area contributed by atoms with Crippen LogP contribution in [0.25, 0.3) is 11.0 Å². The number of anilines is 1. The molecule has 1 fully saturated rings. The summed E-state index contributed by atoms with van der Waals surface area (Å²) in [6, 6.07) is 3.56. The van der Waals surface area contributed by atoms with Crippen molar-refractivity contribution in [2.45, 2.75) is 25.7 Å². The zero-order chi connectivity index (χ0) is 15.5. The van der Waals surface area contributed by atoms with Crippen molar-refractivity contribution in [3.05, 3.63) is 27.1 Å². The highest BCUT2D eigenvalue weighted by molar-refractivity contribution is 9.10. The lowest BCUT2D eigenvalue weighted by atomic mass is 10.2. The molecule has 7 heteroatoms. The number of hydrogen-bond donors (Lipinski definition) is 4. The number of likely N-dealkylation sites (tertiary alicyclic amines) is 1. The molecule has 0 bridgehead atoms. The quantitative estimate of drug-likeness (QED) is 0.653. The van der Waals surface area contributed by atoms with E-state index in [-0.39, 0.29) is 11.6 Å². The van der Waals surface area contributed by atoms with E-state index in [0.29, 0.717) is 23.3 Å². The summed E-state index contributed by atoms with van der Waals surface area (Å²) in [4.78, 5) is 30.3. The first kappa shape index (κ1) is 15.3. The van der Waals surface area contributed by atoms with Gasteiger partial charge in [-0.1, -0.05) is 0 Å². The van der Waals surface area contributed by atoms with Crippen LogP contribution < -0.4 is 15.9 Å². The van der Waals surface area contributed by atoms with Gasteiger partial charge < -0.3 is 20.2 Å². The van der Waals surface area contributed by atoms with Crippen molar-refractivity contribution in [2.24, 2.45) is 0 Å². The van der Waals surface area contributed by atoms with Crippen LogP contribution in [0.4, 0.5) is 5.69 Å². The van der Waals surface area contributed by atoms with Gasteiger partial charge in [-0.05, 0) is 53.7 Å². The Morgan fingerprint density at radius 1 is 1.14 bits per heavy atom. The lowest BCUT2D eigenvalue weighted by Crippen LogP contribution is -3.12. The number of amides is 1. The molecule has 4 N–H and O–H groups in total. The molecule has 22 heavy (non-hydrogen) atoms. The number of aromatic nitrogens is 2. The SMILES string of the molecule is O=C(C[NH+]1CCCCCC1)Nc1cc2[nH]c(=O)[nH]c2cc1Br. The highest BCUT2D eigenvalue weighted by Gasteiger charge is 2.17. The molecule has 0 atom stereocenters. The van der Waals surface area contributed by atoms with Crippen LogP contribution in [-0.4, -0.2) is 35.5 Å². The van der Waals surface area contributed by atoms with E-state index < -0.39 is 0 Å². The minimum atomic E-state index is -0.251. The van der Waals surface area contributed by atoms with E-state index in [1.807, 2.05) is 0 Å². The highest BCUT2D eigenvalue weighted by atomic mass is 79.9. The maximum Gasteiger partial charge on any atom is 0.323 e. The number of H-pyrrole nitrogens is 2. The highest BCUT2D eigenvalue weighted by Crippen LogP contribution is 2.26. The Kier molecular flexibility index (Phi) is 4.63. The first-order valence-corrected chi connectivity index (χ1v) is 8.46. The predicted molar refractivity (Wildman–Crippen MR) is 89.3 cm³/mol. The summed E-state index contributed by atoms with van der Waals surface area (Å²) in [6.07, 6.45) is 4.94. The number of quaternary nitrogens is 1. The van der Waals surface area contributed by atoms with Crippen molar-refractivity contribution in [2.75, 3.05) is 25.0 Å². The van der Waals surface area contributed by atoms with Crippen molar-refractivity contribution < 1.29 is 9.69 Å². The minimum Gasteiger partial charge on any atom is -0.327 e. The first-order valence-electron chi connectivity index (χ1n) is 7.67. The zero-order valence-corrected chi connectivity index (χ0v) is 13.9. The second-order valence-corrected chi connectivity index (χ2v) is 6.70. The maximum atomic E-state index is 12.3. The number of carbonyl (C=O) groups excluding carboxylic acids is 1. The number of hydrogen-bond acceptors (Lipinski definition) is 2. The van der Waals surface area contributed by atoms with Gasteiger partial charge >= 0.3 is 5.69 Å². The zero-order valence-electron chi connectivity index (χ0n) is 12.3. The number of aromatic amines is 2. The van der Waals surface area contributed by atoms with Crippen molar-refractivity contribution in [1.82, 2.24) is 9.97 Å². The van der Waals surface area contributed by atoms with Crippen LogP contribution in [0, 0.1) is 0 Å². The van der Waals surface area contributed by atoms with Crippen molar-refractivity contribution in [3.63, 3.8) is 0 Å². The van der Waals surface area contributed by atoms with Gasteiger partial charge in [0, 0.05) is 4.47 Å². The Labute approximate surface area is 136 Å². The number of benzene rings is 1. The van der Waals surface area contributed by atoms with Crippen LogP contribution in [0.3, 0.4) is 0 Å². The standard InChI is InChI=1S/C15H19BrN4O2/c16-10-7-12-13(19-15(22)18-12)8-11(10)17-14(21)9-20-5-3-1-2-4-6-20/h7-8H,1-6,9H2,(H,17,21)(H2,18,19,22)/p+1. The van der Waals surface area contributed by atoms with Gasteiger partial charge in [0.25, 0.3) is 5.91 Å². The molecular weight excluding hydrogens is 348 g/mol. The molecule has 0 saturated carbocycles. The van der Waals surface area contributed by atoms with Gasteiger partial charge in [0.15, 0.2) is 6.54 Å². The lowest BCUT2D eigenvalue weighted by molar-refractivity contribution is -0.890. The normalized spacial score (nSPS) is 16.6. The van der Waals surface area contributed by atoms with Crippen molar-refractivity contribution in [3.8, 4) is 0 Å². The van der Waals surface area contributed by atoms with Crippen molar-refractivity contribution in [1.29, 1.82) is 0 Å². The van der Waals surface area contributed by atoms with Crippen LogP contribution in [-0.2, 0) is 4.79 Å². The Bertz CT molecular complexity index is 729. The molecule has 1 amide bonds. The van der Waals surface area contributed by atoms with Gasteiger partial charge in [0.1, 0.15) is 0 Å². The van der Waals surface area contributed by atoms with Crippen LogP contribution in [0.15, 0.2) is 21.4 Å². The fourth-order valence-electron chi connectivity index (χ4n) is 2.98. The number of fused-ring (bicyclic) bond motifs is 1. The number of halogens is 1. The summed E-state index contributed by atoms with van der Waals surface area (Å²) in [5.74, 6) is 0.00910. The summed E-state index contributed by atoms with van der Waals surface area (Å²) in [5.41, 5.74) is 1.83. The Morgan fingerprint density at radius 2 is 1.77 bits per heavy atom. The summed E-state index contributed by atoms with van der Waals surface area (Å²) >= 11 is 3.44. The first-order chi connectivity index (χ1) is 10.6. The third kappa shape index (κ3) is 3.59. The maximum absolute atomic E-state index is 12.3. The summed E-state index contributed by atoms with van der Waals surface area (Å²) < 4.78 is 0.759. The number of imidazole rings is 1. The van der Waals surface area contributed by atoms with E-state index in [0.717, 1.165) is 17.6 Å². The average molecular weight is 368 g/mol. The van der Waals surface area contributed by atoms with E-state index in [9.17, 15) is 9.59 Å². The summed E-state index contributed by atoms with van der Waals surface area (Å²) in [5, 5.41) is 2.94. The number of carbonyl (C=O) groups is 1. The molecule has 0 radical (unpaired) electrons. The molecule has 2 heterocycles. The molecule has 118 valence electrons. The third-order valence-corrected chi connectivity index (χ3v) is 4.76. The Hall–Kier alpha value is -1.60. The van der Waals surface area contributed by atoms with E-state index in [1.165, 1.54) is 30.6 Å². The van der Waals surface area contributed by atoms with E-state index >= 15 is 0 Å². The largest absolute Gasteiger partial charge is 0.327 e. The molecule has 1 aromatic carbocycles. The molecule has 1 aliphatic rings. The molecule has 1 aliphatic heterocycles. The number of nitrogens with one attached hydrogen (secondary N) is 4. The second kappa shape index (κ2) is 6.66. The minimum absolute atomic E-state index is 0.00910. The van der Waals surface area contributed by atoms with Crippen LogP contribution in [0.1, 0.15) is 25.7 Å². The van der Waals surface area contributed by atoms with E-state index in [4.69, 9.17) is 0 Å². The van der Waals surface area contributed by atoms with Crippen LogP contribution >= 0.6 is 15.9 Å². The van der Waals surface area contributed by atoms with Gasteiger partial charge in [-0.25, -0.2) is 4.79 Å². The fraction of sp³-hybridized carbons (Fsp3) is 0.467. The van der Waals surface area contributed by atoms with Gasteiger partial charge in [0.2, 0.25) is 0 Å². The van der Waals surface area contributed by atoms with E-state index in [2.05, 4.69) is 31.2 Å². The van der Waals surface area contributed by atoms with Crippen molar-refractivity contribution >= 4 is 38.6 Å². The lowest BCUT2D eigenvalue weighted by Gasteiger charge is -2.16. The van der Waals surface area contributed by atoms with E-state index in [1.54, 1.807) is 12.1 Å². The molecular formula is C15H20BrN4O2+. The molecule has 1 saturated heterocycles. The van der Waals surface area contributed by atoms with Gasteiger partial charge in [-0.3, -0.25) is 4.79 Å². The summed E-state index contributed by atoms with van der Waals surface area (Å²) in [7, 11) is 0. The molecule has 0 aliphatic carbocycles. The molecule has 1 aromatic heterocycles. The molecule has 0 unspecified atom stereocenters. The predicted octanol–water partition coefficient (Wildman–Crippen LogP) is 1.02. The molecule has 6 nitrogen and oxygen atoms in total. The van der Waals surface area contributed by atoms with Crippen LogP contribution in [0.5, 0.6) is 0 Å². The topological polar surface area (TPSA) is 82.2 Å². The third-order valence-electron chi connectivity index (χ3n) is 4.10. The smallest absolute Gasteiger partial charge is 0.323 e. The average Bonchev–Trinajstić information content (AvgIpc) is 2.66. The monoisotopic (exact) mass is 367 g/mol. The van der Waals surface area contributed by atoms with Crippen LogP contribution in [0.2, 0.25) is 0 Å². The van der Waals surface area contributed by atoms with Gasteiger partial charge in [-0.15, -0.1) is 0 Å². The number of rotatable bonds is 3. The Balaban J connectivity index is 1.70. The van der Waals surface area contributed by atoms with Gasteiger partial charge in [-0.2, -0.15) is 0 Å². The molecule has 0 spiro atoms. The second-order valence-electron chi connectivity index (χ2n) is 5.85. The molecule has 3 rings (SSSR count). The fourth-order valence-corrected chi connectivity index (χ4v) is 3.42.